The van der Waals surface area contributed by atoms with Gasteiger partial charge in [0, 0.05) is 11.6 Å². The van der Waals surface area contributed by atoms with Crippen LogP contribution in [-0.4, -0.2) is 10.2 Å². The molecule has 1 aromatic heterocycles. The second-order valence-electron chi connectivity index (χ2n) is 4.56. The van der Waals surface area contributed by atoms with E-state index in [1.807, 2.05) is 31.2 Å². The zero-order valence-electron chi connectivity index (χ0n) is 11.4. The summed E-state index contributed by atoms with van der Waals surface area (Å²) in [6.07, 6.45) is 0. The van der Waals surface area contributed by atoms with Crippen molar-refractivity contribution in [2.24, 2.45) is 0 Å². The quantitative estimate of drug-likeness (QED) is 0.732. The number of benzene rings is 2. The second-order valence-corrected chi connectivity index (χ2v) is 4.56. The number of aromatic nitrogens is 2. The predicted octanol–water partition coefficient (Wildman–Crippen LogP) is 3.76. The van der Waals surface area contributed by atoms with E-state index in [1.165, 1.54) is 12.1 Å². The van der Waals surface area contributed by atoms with Crippen LogP contribution in [0.25, 0.3) is 11.5 Å². The summed E-state index contributed by atoms with van der Waals surface area (Å²) in [6, 6.07) is 13.7. The van der Waals surface area contributed by atoms with E-state index >= 15 is 0 Å². The molecule has 0 saturated heterocycles. The van der Waals surface area contributed by atoms with Crippen molar-refractivity contribution in [3.8, 4) is 17.2 Å². The van der Waals surface area contributed by atoms with Gasteiger partial charge in [0.25, 0.3) is 5.89 Å². The van der Waals surface area contributed by atoms with Crippen LogP contribution in [0.15, 0.2) is 52.9 Å². The van der Waals surface area contributed by atoms with Gasteiger partial charge in [0.2, 0.25) is 5.89 Å². The summed E-state index contributed by atoms with van der Waals surface area (Å²) in [5.41, 5.74) is 1.95. The largest absolute Gasteiger partial charge is 0.484 e. The normalized spacial score (nSPS) is 10.6. The van der Waals surface area contributed by atoms with E-state index in [0.717, 1.165) is 11.1 Å². The molecule has 3 aromatic rings. The Kier molecular flexibility index (Phi) is 3.64. The fourth-order valence-electron chi connectivity index (χ4n) is 1.94. The minimum Gasteiger partial charge on any atom is -0.484 e. The summed E-state index contributed by atoms with van der Waals surface area (Å²) in [6.45, 7) is 2.07. The zero-order valence-corrected chi connectivity index (χ0v) is 11.4. The highest BCUT2D eigenvalue weighted by molar-refractivity contribution is 5.57. The summed E-state index contributed by atoms with van der Waals surface area (Å²) >= 11 is 0. The molecule has 21 heavy (non-hydrogen) atoms. The minimum atomic E-state index is -0.348. The summed E-state index contributed by atoms with van der Waals surface area (Å²) in [5, 5.41) is 7.94. The first-order chi connectivity index (χ1) is 10.2. The summed E-state index contributed by atoms with van der Waals surface area (Å²) in [7, 11) is 0. The molecule has 0 saturated carbocycles. The number of rotatable bonds is 4. The van der Waals surface area contributed by atoms with E-state index in [0.29, 0.717) is 17.5 Å². The molecule has 0 unspecified atom stereocenters. The van der Waals surface area contributed by atoms with Crippen LogP contribution in [-0.2, 0) is 6.61 Å². The Bertz CT molecular complexity index is 755. The van der Waals surface area contributed by atoms with Gasteiger partial charge >= 0.3 is 0 Å². The molecule has 3 rings (SSSR count). The molecule has 0 atom stereocenters. The fourth-order valence-corrected chi connectivity index (χ4v) is 1.94. The van der Waals surface area contributed by atoms with Crippen molar-refractivity contribution in [2.45, 2.75) is 13.5 Å². The van der Waals surface area contributed by atoms with Crippen molar-refractivity contribution in [3.05, 3.63) is 65.8 Å². The van der Waals surface area contributed by atoms with Crippen molar-refractivity contribution in [1.82, 2.24) is 10.2 Å². The molecule has 0 N–H and O–H groups in total. The van der Waals surface area contributed by atoms with Gasteiger partial charge in [-0.05, 0) is 30.7 Å². The van der Waals surface area contributed by atoms with Crippen LogP contribution in [0, 0.1) is 12.7 Å². The minimum absolute atomic E-state index is 0.0995. The average Bonchev–Trinajstić information content (AvgIpc) is 2.94. The predicted molar refractivity (Wildman–Crippen MR) is 75.2 cm³/mol. The second kappa shape index (κ2) is 5.75. The molecule has 4 nitrogen and oxygen atoms in total. The monoisotopic (exact) mass is 284 g/mol. The summed E-state index contributed by atoms with van der Waals surface area (Å²) < 4.78 is 24.0. The standard InChI is InChI=1S/C16H13FN2O2/c1-11-5-2-3-8-14(11)16-19-18-15(21-16)10-20-13-7-4-6-12(17)9-13/h2-9H,10H2,1H3. The SMILES string of the molecule is Cc1ccccc1-c1nnc(COc2cccc(F)c2)o1. The van der Waals surface area contributed by atoms with Crippen molar-refractivity contribution >= 4 is 0 Å². The molecular weight excluding hydrogens is 271 g/mol. The molecule has 106 valence electrons. The highest BCUT2D eigenvalue weighted by Crippen LogP contribution is 2.22. The maximum atomic E-state index is 13.0. The Morgan fingerprint density at radius 2 is 1.95 bits per heavy atom. The lowest BCUT2D eigenvalue weighted by atomic mass is 10.1. The van der Waals surface area contributed by atoms with E-state index in [4.69, 9.17) is 9.15 Å². The third-order valence-corrected chi connectivity index (χ3v) is 3.00. The Labute approximate surface area is 121 Å². The van der Waals surface area contributed by atoms with E-state index in [-0.39, 0.29) is 12.4 Å². The van der Waals surface area contributed by atoms with Crippen LogP contribution >= 0.6 is 0 Å². The molecule has 1 heterocycles. The fraction of sp³-hybridized carbons (Fsp3) is 0.125. The average molecular weight is 284 g/mol. The first-order valence-electron chi connectivity index (χ1n) is 6.49. The van der Waals surface area contributed by atoms with Gasteiger partial charge in [-0.2, -0.15) is 0 Å². The number of ether oxygens (including phenoxy) is 1. The molecule has 0 aliphatic heterocycles. The number of halogens is 1. The molecule has 0 amide bonds. The van der Waals surface area contributed by atoms with Crippen LogP contribution in [0.3, 0.4) is 0 Å². The third-order valence-electron chi connectivity index (χ3n) is 3.00. The van der Waals surface area contributed by atoms with Crippen molar-refractivity contribution in [3.63, 3.8) is 0 Å². The Morgan fingerprint density at radius 1 is 1.10 bits per heavy atom. The molecule has 0 spiro atoms. The first kappa shape index (κ1) is 13.3. The molecule has 5 heteroatoms. The number of nitrogens with zero attached hydrogens (tertiary/aromatic N) is 2. The first-order valence-corrected chi connectivity index (χ1v) is 6.49. The van der Waals surface area contributed by atoms with E-state index in [2.05, 4.69) is 10.2 Å². The van der Waals surface area contributed by atoms with Gasteiger partial charge in [-0.25, -0.2) is 4.39 Å². The number of aryl methyl sites for hydroxylation is 1. The van der Waals surface area contributed by atoms with Gasteiger partial charge in [0.1, 0.15) is 11.6 Å². The summed E-state index contributed by atoms with van der Waals surface area (Å²) in [5.74, 6) is 0.868. The molecule has 0 fully saturated rings. The lowest BCUT2D eigenvalue weighted by Gasteiger charge is -2.02. The maximum Gasteiger partial charge on any atom is 0.254 e. The molecule has 0 aliphatic carbocycles. The molecule has 0 aliphatic rings. The van der Waals surface area contributed by atoms with Gasteiger partial charge in [0.15, 0.2) is 6.61 Å². The van der Waals surface area contributed by atoms with Gasteiger partial charge in [0.05, 0.1) is 0 Å². The van der Waals surface area contributed by atoms with Gasteiger partial charge < -0.3 is 9.15 Å². The van der Waals surface area contributed by atoms with Crippen LogP contribution in [0.2, 0.25) is 0 Å². The molecule has 2 aromatic carbocycles. The van der Waals surface area contributed by atoms with Gasteiger partial charge in [-0.3, -0.25) is 0 Å². The Balaban J connectivity index is 1.72. The lowest BCUT2D eigenvalue weighted by molar-refractivity contribution is 0.263. The van der Waals surface area contributed by atoms with Crippen LogP contribution in [0.4, 0.5) is 4.39 Å². The summed E-state index contributed by atoms with van der Waals surface area (Å²) in [4.78, 5) is 0. The third kappa shape index (κ3) is 3.08. The highest BCUT2D eigenvalue weighted by atomic mass is 19.1. The van der Waals surface area contributed by atoms with E-state index in [9.17, 15) is 4.39 Å². The van der Waals surface area contributed by atoms with Crippen LogP contribution in [0.5, 0.6) is 5.75 Å². The lowest BCUT2D eigenvalue weighted by Crippen LogP contribution is -1.95. The van der Waals surface area contributed by atoms with Gasteiger partial charge in [-0.1, -0.05) is 24.3 Å². The highest BCUT2D eigenvalue weighted by Gasteiger charge is 2.10. The zero-order chi connectivity index (χ0) is 14.7. The van der Waals surface area contributed by atoms with Crippen LogP contribution < -0.4 is 4.74 Å². The van der Waals surface area contributed by atoms with Crippen molar-refractivity contribution < 1.29 is 13.5 Å². The van der Waals surface area contributed by atoms with E-state index < -0.39 is 0 Å². The van der Waals surface area contributed by atoms with E-state index in [1.54, 1.807) is 12.1 Å². The van der Waals surface area contributed by atoms with Crippen molar-refractivity contribution in [1.29, 1.82) is 0 Å². The molecule has 0 radical (unpaired) electrons. The number of hydrogen-bond acceptors (Lipinski definition) is 4. The Morgan fingerprint density at radius 3 is 2.76 bits per heavy atom. The van der Waals surface area contributed by atoms with Crippen molar-refractivity contribution in [2.75, 3.05) is 0 Å². The molecular formula is C16H13FN2O2. The number of hydrogen-bond donors (Lipinski definition) is 0. The maximum absolute atomic E-state index is 13.0. The van der Waals surface area contributed by atoms with Crippen LogP contribution in [0.1, 0.15) is 11.5 Å². The van der Waals surface area contributed by atoms with Gasteiger partial charge in [-0.15, -0.1) is 10.2 Å². The smallest absolute Gasteiger partial charge is 0.254 e. The molecule has 0 bridgehead atoms. The topological polar surface area (TPSA) is 48.2 Å². The Hall–Kier alpha value is -2.69.